The van der Waals surface area contributed by atoms with E-state index < -0.39 is 5.92 Å². The number of hydrogen-bond acceptors (Lipinski definition) is 5. The Balaban J connectivity index is 2.00. The predicted molar refractivity (Wildman–Crippen MR) is 81.4 cm³/mol. The van der Waals surface area contributed by atoms with Crippen molar-refractivity contribution in [2.75, 3.05) is 0 Å². The first-order valence-corrected chi connectivity index (χ1v) is 7.73. The predicted octanol–water partition coefficient (Wildman–Crippen LogP) is 4.16. The van der Waals surface area contributed by atoms with Crippen molar-refractivity contribution in [2.45, 2.75) is 12.8 Å². The largest absolute Gasteiger partial charge is 0.291 e. The maximum Gasteiger partial charge on any atom is 0.196 e. The maximum atomic E-state index is 12.5. The fourth-order valence-corrected chi connectivity index (χ4v) is 3.85. The average molecular weight is 298 g/mol. The van der Waals surface area contributed by atoms with Crippen LogP contribution in [0.1, 0.15) is 26.3 Å². The Morgan fingerprint density at radius 3 is 2.85 bits per heavy atom. The van der Waals surface area contributed by atoms with Crippen LogP contribution in [0.5, 0.6) is 0 Å². The highest BCUT2D eigenvalue weighted by Gasteiger charge is 2.26. The van der Waals surface area contributed by atoms with Crippen LogP contribution in [-0.4, -0.2) is 10.8 Å². The summed E-state index contributed by atoms with van der Waals surface area (Å²) in [5, 5.41) is 12.8. The van der Waals surface area contributed by atoms with E-state index in [1.807, 2.05) is 42.6 Å². The summed E-state index contributed by atoms with van der Waals surface area (Å²) in [6.45, 7) is 1.86. The maximum absolute atomic E-state index is 12.5. The fraction of sp³-hybridized carbons (Fsp3) is 0.133. The van der Waals surface area contributed by atoms with E-state index in [2.05, 4.69) is 11.1 Å². The Hall–Kier alpha value is -2.03. The summed E-state index contributed by atoms with van der Waals surface area (Å²) < 4.78 is 1.06. The van der Waals surface area contributed by atoms with E-state index in [0.717, 1.165) is 15.8 Å². The summed E-state index contributed by atoms with van der Waals surface area (Å²) in [6.07, 6.45) is 0. The van der Waals surface area contributed by atoms with Crippen LogP contribution < -0.4 is 0 Å². The molecule has 0 fully saturated rings. The average Bonchev–Trinajstić information content (AvgIpc) is 3.05. The van der Waals surface area contributed by atoms with Gasteiger partial charge in [-0.15, -0.1) is 22.7 Å². The topological polar surface area (TPSA) is 53.8 Å². The lowest BCUT2D eigenvalue weighted by Gasteiger charge is -2.01. The highest BCUT2D eigenvalue weighted by molar-refractivity contribution is 7.21. The molecular weight excluding hydrogens is 288 g/mol. The van der Waals surface area contributed by atoms with Gasteiger partial charge in [-0.25, -0.2) is 4.98 Å². The number of rotatable bonds is 3. The highest BCUT2D eigenvalue weighted by Crippen LogP contribution is 2.30. The van der Waals surface area contributed by atoms with Crippen LogP contribution in [0.2, 0.25) is 0 Å². The van der Waals surface area contributed by atoms with Gasteiger partial charge < -0.3 is 0 Å². The Bertz CT molecular complexity index is 793. The number of Topliss-reactive ketones (excluding diaryl/α,β-unsaturated/α-hetero) is 1. The second-order valence-corrected chi connectivity index (χ2v) is 6.38. The van der Waals surface area contributed by atoms with Crippen LogP contribution in [0.15, 0.2) is 35.7 Å². The first kappa shape index (κ1) is 13.0. The molecule has 0 N–H and O–H groups in total. The zero-order valence-electron chi connectivity index (χ0n) is 10.7. The number of thiophene rings is 1. The Morgan fingerprint density at radius 1 is 1.40 bits per heavy atom. The van der Waals surface area contributed by atoms with E-state index in [0.29, 0.717) is 9.88 Å². The third-order valence-corrected chi connectivity index (χ3v) is 5.10. The van der Waals surface area contributed by atoms with Crippen LogP contribution in [0.3, 0.4) is 0 Å². The molecule has 3 aromatic rings. The molecule has 2 heterocycles. The second-order valence-electron chi connectivity index (χ2n) is 4.40. The molecule has 3 nitrogen and oxygen atoms in total. The van der Waals surface area contributed by atoms with Crippen LogP contribution >= 0.6 is 22.7 Å². The standard InChI is InChI=1S/C15H10N2OS2/c1-9-8-19-15(17-9)11(7-16)14(18)13-6-10-4-2-3-5-12(10)20-13/h2-6,8,11H,1H3. The fourth-order valence-electron chi connectivity index (χ4n) is 1.98. The molecule has 3 rings (SSSR count). The number of hydrogen-bond donors (Lipinski definition) is 0. The number of thiazole rings is 1. The highest BCUT2D eigenvalue weighted by atomic mass is 32.1. The van der Waals surface area contributed by atoms with Crippen molar-refractivity contribution in [1.82, 2.24) is 4.98 Å². The first-order valence-electron chi connectivity index (χ1n) is 6.03. The van der Waals surface area contributed by atoms with Crippen molar-refractivity contribution in [1.29, 1.82) is 5.26 Å². The van der Waals surface area contributed by atoms with Gasteiger partial charge in [0, 0.05) is 15.8 Å². The Kier molecular flexibility index (Phi) is 3.35. The van der Waals surface area contributed by atoms with Gasteiger partial charge in [0.1, 0.15) is 5.01 Å². The molecule has 5 heteroatoms. The molecular formula is C15H10N2OS2. The van der Waals surface area contributed by atoms with Gasteiger partial charge in [0.05, 0.1) is 10.9 Å². The molecule has 0 saturated heterocycles. The number of aryl methyl sites for hydroxylation is 1. The van der Waals surface area contributed by atoms with Gasteiger partial charge in [-0.2, -0.15) is 5.26 Å². The Labute approximate surface area is 124 Å². The van der Waals surface area contributed by atoms with Gasteiger partial charge in [-0.05, 0) is 24.4 Å². The van der Waals surface area contributed by atoms with Crippen molar-refractivity contribution in [3.05, 3.63) is 51.3 Å². The van der Waals surface area contributed by atoms with Crippen LogP contribution in [0.4, 0.5) is 0 Å². The molecule has 1 aromatic carbocycles. The molecule has 0 aliphatic heterocycles. The van der Waals surface area contributed by atoms with Gasteiger partial charge in [0.15, 0.2) is 11.7 Å². The minimum Gasteiger partial charge on any atom is -0.291 e. The van der Waals surface area contributed by atoms with Crippen molar-refractivity contribution >= 4 is 38.5 Å². The van der Waals surface area contributed by atoms with Gasteiger partial charge in [-0.3, -0.25) is 4.79 Å². The molecule has 2 aromatic heterocycles. The van der Waals surface area contributed by atoms with E-state index in [1.165, 1.54) is 22.7 Å². The lowest BCUT2D eigenvalue weighted by molar-refractivity contribution is 0.0983. The third-order valence-electron chi connectivity index (χ3n) is 2.94. The molecule has 1 atom stereocenters. The molecule has 98 valence electrons. The molecule has 0 saturated carbocycles. The minimum absolute atomic E-state index is 0.164. The zero-order chi connectivity index (χ0) is 14.1. The van der Waals surface area contributed by atoms with Crippen LogP contribution in [0.25, 0.3) is 10.1 Å². The number of nitriles is 1. The molecule has 0 spiro atoms. The van der Waals surface area contributed by atoms with E-state index in [9.17, 15) is 10.1 Å². The van der Waals surface area contributed by atoms with E-state index in [1.54, 1.807) is 0 Å². The van der Waals surface area contributed by atoms with E-state index >= 15 is 0 Å². The summed E-state index contributed by atoms with van der Waals surface area (Å²) in [7, 11) is 0. The molecule has 0 amide bonds. The number of nitrogens with zero attached hydrogens (tertiary/aromatic N) is 2. The van der Waals surface area contributed by atoms with Gasteiger partial charge >= 0.3 is 0 Å². The van der Waals surface area contributed by atoms with Crippen molar-refractivity contribution < 1.29 is 4.79 Å². The number of carbonyl (C=O) groups is 1. The lowest BCUT2D eigenvalue weighted by Crippen LogP contribution is -2.09. The van der Waals surface area contributed by atoms with Gasteiger partial charge in [0.25, 0.3) is 0 Å². The normalized spacial score (nSPS) is 12.2. The summed E-state index contributed by atoms with van der Waals surface area (Å²) in [6, 6.07) is 11.8. The monoisotopic (exact) mass is 298 g/mol. The molecule has 0 bridgehead atoms. The SMILES string of the molecule is Cc1csc(C(C#N)C(=O)c2cc3ccccc3s2)n1. The van der Waals surface area contributed by atoms with Crippen molar-refractivity contribution in [3.8, 4) is 6.07 Å². The molecule has 0 aliphatic carbocycles. The quantitative estimate of drug-likeness (QED) is 0.682. The summed E-state index contributed by atoms with van der Waals surface area (Å²) in [5.41, 5.74) is 0.842. The molecule has 20 heavy (non-hydrogen) atoms. The van der Waals surface area contributed by atoms with Crippen LogP contribution in [0, 0.1) is 18.3 Å². The Morgan fingerprint density at radius 2 is 2.20 bits per heavy atom. The van der Waals surface area contributed by atoms with Gasteiger partial charge in [-0.1, -0.05) is 18.2 Å². The lowest BCUT2D eigenvalue weighted by atomic mass is 10.1. The smallest absolute Gasteiger partial charge is 0.196 e. The van der Waals surface area contributed by atoms with Crippen molar-refractivity contribution in [2.24, 2.45) is 0 Å². The summed E-state index contributed by atoms with van der Waals surface area (Å²) in [4.78, 5) is 17.4. The molecule has 0 aliphatic rings. The first-order chi connectivity index (χ1) is 9.69. The number of ketones is 1. The summed E-state index contributed by atoms with van der Waals surface area (Å²) in [5.74, 6) is -0.968. The third kappa shape index (κ3) is 2.24. The molecule has 0 radical (unpaired) electrons. The number of benzene rings is 1. The van der Waals surface area contributed by atoms with Crippen LogP contribution in [-0.2, 0) is 0 Å². The van der Waals surface area contributed by atoms with Gasteiger partial charge in [0.2, 0.25) is 0 Å². The zero-order valence-corrected chi connectivity index (χ0v) is 12.3. The summed E-state index contributed by atoms with van der Waals surface area (Å²) >= 11 is 2.79. The number of carbonyl (C=O) groups excluding carboxylic acids is 1. The van der Waals surface area contributed by atoms with E-state index in [-0.39, 0.29) is 5.78 Å². The number of aromatic nitrogens is 1. The second kappa shape index (κ2) is 5.16. The minimum atomic E-state index is -0.804. The van der Waals surface area contributed by atoms with E-state index in [4.69, 9.17) is 0 Å². The number of fused-ring (bicyclic) bond motifs is 1. The van der Waals surface area contributed by atoms with Crippen molar-refractivity contribution in [3.63, 3.8) is 0 Å². The molecule has 1 unspecified atom stereocenters.